The summed E-state index contributed by atoms with van der Waals surface area (Å²) in [6.07, 6.45) is 4.21. The zero-order valence-electron chi connectivity index (χ0n) is 16.9. The van der Waals surface area contributed by atoms with Gasteiger partial charge in [0, 0.05) is 19.2 Å². The molecule has 3 rings (SSSR count). The fraction of sp³-hybridized carbons (Fsp3) is 0.333. The molecule has 0 bridgehead atoms. The quantitative estimate of drug-likeness (QED) is 0.361. The first-order chi connectivity index (χ1) is 14.9. The van der Waals surface area contributed by atoms with Gasteiger partial charge in [0.1, 0.15) is 12.0 Å². The van der Waals surface area contributed by atoms with Crippen LogP contribution in [0.15, 0.2) is 35.2 Å². The predicted molar refractivity (Wildman–Crippen MR) is 106 cm³/mol. The number of anilines is 1. The maximum atomic E-state index is 12.5. The molecule has 0 aromatic carbocycles. The van der Waals surface area contributed by atoms with E-state index in [-0.39, 0.29) is 42.5 Å². The Bertz CT molecular complexity index is 1070. The van der Waals surface area contributed by atoms with Gasteiger partial charge in [-0.2, -0.15) is 5.10 Å². The molecule has 13 heteroatoms. The Morgan fingerprint density at radius 2 is 2.10 bits per heavy atom. The first-order valence-electron chi connectivity index (χ1n) is 9.35. The van der Waals surface area contributed by atoms with E-state index in [0.717, 1.165) is 0 Å². The van der Waals surface area contributed by atoms with Gasteiger partial charge in [-0.05, 0) is 19.1 Å². The van der Waals surface area contributed by atoms with Gasteiger partial charge >= 0.3 is 11.6 Å². The smallest absolute Gasteiger partial charge is 0.350 e. The van der Waals surface area contributed by atoms with E-state index in [1.54, 1.807) is 18.3 Å². The number of amides is 2. The maximum absolute atomic E-state index is 12.5. The molecule has 13 nitrogen and oxygen atoms in total. The summed E-state index contributed by atoms with van der Waals surface area (Å²) in [5.74, 6) is -0.429. The first kappa shape index (κ1) is 21.5. The first-order valence-corrected chi connectivity index (χ1v) is 9.35. The lowest BCUT2D eigenvalue weighted by Gasteiger charge is -2.06. The highest BCUT2D eigenvalue weighted by atomic mass is 16.6. The number of nitrogens with zero attached hydrogens (tertiary/aromatic N) is 5. The Morgan fingerprint density at radius 3 is 2.71 bits per heavy atom. The van der Waals surface area contributed by atoms with Crippen molar-refractivity contribution < 1.29 is 23.7 Å². The Morgan fingerprint density at radius 1 is 1.29 bits per heavy atom. The van der Waals surface area contributed by atoms with Gasteiger partial charge in [-0.1, -0.05) is 0 Å². The van der Waals surface area contributed by atoms with E-state index >= 15 is 0 Å². The molecule has 0 radical (unpaired) electrons. The van der Waals surface area contributed by atoms with Crippen molar-refractivity contribution in [1.29, 1.82) is 0 Å². The SMILES string of the molecule is CCn1cc(NC(=O)CCn2cc([N+](=O)[O-])c(OC)n2)c(C(=O)NCc2ccco2)n1. The van der Waals surface area contributed by atoms with Gasteiger partial charge < -0.3 is 19.8 Å². The number of hydrogen-bond donors (Lipinski definition) is 2. The minimum Gasteiger partial charge on any atom is -0.475 e. The third kappa shape index (κ3) is 5.26. The van der Waals surface area contributed by atoms with E-state index in [1.165, 1.54) is 28.9 Å². The van der Waals surface area contributed by atoms with Crippen molar-refractivity contribution in [2.45, 2.75) is 33.0 Å². The molecule has 0 unspecified atom stereocenters. The monoisotopic (exact) mass is 431 g/mol. The fourth-order valence-electron chi connectivity index (χ4n) is 2.71. The number of hydrogen-bond acceptors (Lipinski definition) is 8. The van der Waals surface area contributed by atoms with E-state index in [1.807, 2.05) is 6.92 Å². The highest BCUT2D eigenvalue weighted by Crippen LogP contribution is 2.24. The highest BCUT2D eigenvalue weighted by Gasteiger charge is 2.21. The van der Waals surface area contributed by atoms with Gasteiger partial charge in [0.05, 0.1) is 37.1 Å². The average molecular weight is 431 g/mol. The lowest BCUT2D eigenvalue weighted by molar-refractivity contribution is -0.385. The number of methoxy groups -OCH3 is 1. The van der Waals surface area contributed by atoms with Crippen LogP contribution in [0.1, 0.15) is 29.6 Å². The lowest BCUT2D eigenvalue weighted by atomic mass is 10.3. The van der Waals surface area contributed by atoms with Gasteiger partial charge in [-0.25, -0.2) is 0 Å². The van der Waals surface area contributed by atoms with Gasteiger partial charge in [0.25, 0.3) is 5.91 Å². The zero-order valence-corrected chi connectivity index (χ0v) is 16.9. The van der Waals surface area contributed by atoms with Crippen molar-refractivity contribution >= 4 is 23.2 Å². The average Bonchev–Trinajstić information content (AvgIpc) is 3.49. The van der Waals surface area contributed by atoms with Crippen LogP contribution in [0.2, 0.25) is 0 Å². The Labute approximate surface area is 176 Å². The van der Waals surface area contributed by atoms with Crippen LogP contribution in [0.4, 0.5) is 11.4 Å². The number of rotatable bonds is 10. The molecule has 164 valence electrons. The third-order valence-electron chi connectivity index (χ3n) is 4.25. The fourth-order valence-corrected chi connectivity index (χ4v) is 2.71. The summed E-state index contributed by atoms with van der Waals surface area (Å²) in [6.45, 7) is 2.61. The molecule has 3 heterocycles. The number of aromatic nitrogens is 4. The second-order valence-corrected chi connectivity index (χ2v) is 6.35. The van der Waals surface area contributed by atoms with E-state index < -0.39 is 16.7 Å². The molecule has 0 atom stereocenters. The Hall–Kier alpha value is -4.16. The van der Waals surface area contributed by atoms with Crippen LogP contribution in [-0.2, 0) is 24.4 Å². The van der Waals surface area contributed by atoms with Crippen LogP contribution >= 0.6 is 0 Å². The number of aryl methyl sites for hydroxylation is 2. The predicted octanol–water partition coefficient (Wildman–Crippen LogP) is 1.57. The Balaban J connectivity index is 1.63. The van der Waals surface area contributed by atoms with Crippen molar-refractivity contribution in [2.75, 3.05) is 12.4 Å². The molecule has 0 aliphatic heterocycles. The van der Waals surface area contributed by atoms with Crippen LogP contribution in [0, 0.1) is 10.1 Å². The highest BCUT2D eigenvalue weighted by molar-refractivity contribution is 6.02. The molecule has 0 spiro atoms. The van der Waals surface area contributed by atoms with E-state index in [2.05, 4.69) is 20.8 Å². The number of carbonyl (C=O) groups is 2. The van der Waals surface area contributed by atoms with Crippen molar-refractivity contribution in [3.05, 3.63) is 52.4 Å². The number of carbonyl (C=O) groups excluding carboxylic acids is 2. The van der Waals surface area contributed by atoms with Crippen molar-refractivity contribution in [3.63, 3.8) is 0 Å². The third-order valence-corrected chi connectivity index (χ3v) is 4.25. The summed E-state index contributed by atoms with van der Waals surface area (Å²) in [7, 11) is 1.27. The lowest BCUT2D eigenvalue weighted by Crippen LogP contribution is -2.25. The second-order valence-electron chi connectivity index (χ2n) is 6.35. The van der Waals surface area contributed by atoms with E-state index in [4.69, 9.17) is 9.15 Å². The van der Waals surface area contributed by atoms with E-state index in [0.29, 0.717) is 12.3 Å². The summed E-state index contributed by atoms with van der Waals surface area (Å²) in [5, 5.41) is 24.4. The van der Waals surface area contributed by atoms with Gasteiger partial charge in [0.2, 0.25) is 5.91 Å². The van der Waals surface area contributed by atoms with Crippen molar-refractivity contribution in [3.8, 4) is 5.88 Å². The van der Waals surface area contributed by atoms with Crippen molar-refractivity contribution in [1.82, 2.24) is 24.9 Å². The molecule has 2 amide bonds. The summed E-state index contributed by atoms with van der Waals surface area (Å²) in [4.78, 5) is 35.3. The van der Waals surface area contributed by atoms with Crippen LogP contribution in [0.3, 0.4) is 0 Å². The summed E-state index contributed by atoms with van der Waals surface area (Å²) in [6, 6.07) is 3.44. The molecule has 3 aromatic rings. The summed E-state index contributed by atoms with van der Waals surface area (Å²) < 4.78 is 12.8. The van der Waals surface area contributed by atoms with Crippen LogP contribution in [0.25, 0.3) is 0 Å². The standard InChI is InChI=1S/C18H21N7O6/c1-3-23-10-13(16(21-23)17(27)19-9-12-5-4-8-31-12)20-15(26)6-7-24-11-14(25(28)29)18(22-24)30-2/h4-5,8,10-11H,3,6-7,9H2,1-2H3,(H,19,27)(H,20,26). The van der Waals surface area contributed by atoms with E-state index in [9.17, 15) is 19.7 Å². The van der Waals surface area contributed by atoms with Crippen LogP contribution in [-0.4, -0.2) is 43.4 Å². The molecular formula is C18H21N7O6. The summed E-state index contributed by atoms with van der Waals surface area (Å²) >= 11 is 0. The minimum absolute atomic E-state index is 0.0350. The van der Waals surface area contributed by atoms with Crippen LogP contribution in [0.5, 0.6) is 5.88 Å². The second kappa shape index (κ2) is 9.56. The number of furan rings is 1. The maximum Gasteiger partial charge on any atom is 0.350 e. The van der Waals surface area contributed by atoms with Gasteiger partial charge in [0.15, 0.2) is 5.69 Å². The molecule has 0 aliphatic carbocycles. The molecule has 2 N–H and O–H groups in total. The Kier molecular flexibility index (Phi) is 6.64. The van der Waals surface area contributed by atoms with Gasteiger partial charge in [-0.15, -0.1) is 5.10 Å². The van der Waals surface area contributed by atoms with Crippen molar-refractivity contribution in [2.24, 2.45) is 0 Å². The minimum atomic E-state index is -0.616. The topological polar surface area (TPSA) is 159 Å². The normalized spacial score (nSPS) is 10.6. The molecule has 0 saturated heterocycles. The molecule has 31 heavy (non-hydrogen) atoms. The van der Waals surface area contributed by atoms with Gasteiger partial charge in [-0.3, -0.25) is 29.1 Å². The molecular weight excluding hydrogens is 410 g/mol. The number of nitro groups is 1. The largest absolute Gasteiger partial charge is 0.475 e. The molecule has 3 aromatic heterocycles. The van der Waals surface area contributed by atoms with Crippen LogP contribution < -0.4 is 15.4 Å². The number of ether oxygens (including phenoxy) is 1. The molecule has 0 saturated carbocycles. The molecule has 0 fully saturated rings. The zero-order chi connectivity index (χ0) is 22.4. The number of nitrogens with one attached hydrogen (secondary N) is 2. The molecule has 0 aliphatic rings. The summed E-state index contributed by atoms with van der Waals surface area (Å²) in [5.41, 5.74) is 0.0358.